The number of carbonyl (C=O) groups is 1. The maximum Gasteiger partial charge on any atom is 0.224 e. The summed E-state index contributed by atoms with van der Waals surface area (Å²) in [5.74, 6) is 4.57. The van der Waals surface area contributed by atoms with Crippen LogP contribution in [0.15, 0.2) is 12.4 Å². The Labute approximate surface area is 113 Å². The second-order valence-electron chi connectivity index (χ2n) is 6.71. The predicted octanol–water partition coefficient (Wildman–Crippen LogP) is 2.10. The van der Waals surface area contributed by atoms with Crippen molar-refractivity contribution in [3.8, 4) is 0 Å². The molecule has 1 heterocycles. The van der Waals surface area contributed by atoms with Gasteiger partial charge < -0.3 is 10.3 Å². The van der Waals surface area contributed by atoms with Crippen molar-refractivity contribution in [2.75, 3.05) is 0 Å². The summed E-state index contributed by atoms with van der Waals surface area (Å²) in [6.45, 7) is 0.536. The fraction of sp³-hybridized carbons (Fsp3) is 0.733. The summed E-state index contributed by atoms with van der Waals surface area (Å²) < 4.78 is 0. The molecule has 4 bridgehead atoms. The van der Waals surface area contributed by atoms with E-state index in [0.29, 0.717) is 18.4 Å². The molecular weight excluding hydrogens is 238 g/mol. The van der Waals surface area contributed by atoms with Crippen LogP contribution in [0.5, 0.6) is 0 Å². The molecule has 1 aromatic heterocycles. The minimum Gasteiger partial charge on any atom is -0.349 e. The highest BCUT2D eigenvalue weighted by molar-refractivity contribution is 5.79. The van der Waals surface area contributed by atoms with Crippen LogP contribution < -0.4 is 5.32 Å². The molecule has 5 rings (SSSR count). The van der Waals surface area contributed by atoms with Crippen molar-refractivity contribution in [1.29, 1.82) is 0 Å². The molecule has 0 aliphatic heterocycles. The summed E-state index contributed by atoms with van der Waals surface area (Å²) >= 11 is 0. The van der Waals surface area contributed by atoms with Gasteiger partial charge in [0.05, 0.1) is 6.54 Å². The van der Waals surface area contributed by atoms with Gasteiger partial charge in [0.15, 0.2) is 0 Å². The zero-order valence-electron chi connectivity index (χ0n) is 11.1. The molecular formula is C15H21N3O. The topological polar surface area (TPSA) is 57.8 Å². The van der Waals surface area contributed by atoms with Crippen molar-refractivity contribution in [3.63, 3.8) is 0 Å². The van der Waals surface area contributed by atoms with Gasteiger partial charge in [0.1, 0.15) is 5.82 Å². The summed E-state index contributed by atoms with van der Waals surface area (Å²) in [7, 11) is 0. The Morgan fingerprint density at radius 1 is 1.21 bits per heavy atom. The Hall–Kier alpha value is -1.32. The molecule has 0 saturated heterocycles. The average Bonchev–Trinajstić information content (AvgIpc) is 2.88. The summed E-state index contributed by atoms with van der Waals surface area (Å²) in [6.07, 6.45) is 10.2. The van der Waals surface area contributed by atoms with Crippen LogP contribution in [0.1, 0.15) is 37.9 Å². The molecule has 4 saturated carbocycles. The molecule has 2 N–H and O–H groups in total. The molecule has 4 aliphatic carbocycles. The number of hydrogen-bond donors (Lipinski definition) is 2. The molecule has 1 aromatic rings. The Bertz CT molecular complexity index is 440. The highest BCUT2D eigenvalue weighted by Crippen LogP contribution is 2.56. The molecule has 1 amide bonds. The van der Waals surface area contributed by atoms with Gasteiger partial charge in [-0.2, -0.15) is 0 Å². The highest BCUT2D eigenvalue weighted by atomic mass is 16.1. The van der Waals surface area contributed by atoms with Gasteiger partial charge in [0.2, 0.25) is 5.91 Å². The number of carbonyl (C=O) groups excluding carboxylic acids is 1. The molecule has 102 valence electrons. The first-order chi connectivity index (χ1) is 9.29. The van der Waals surface area contributed by atoms with Crippen LogP contribution in [0.25, 0.3) is 0 Å². The third-order valence-electron chi connectivity index (χ3n) is 5.51. The molecule has 4 nitrogen and oxygen atoms in total. The summed E-state index contributed by atoms with van der Waals surface area (Å²) in [6, 6.07) is 0. The molecule has 0 atom stereocenters. The molecule has 0 spiro atoms. The third kappa shape index (κ3) is 1.97. The summed E-state index contributed by atoms with van der Waals surface area (Å²) in [4.78, 5) is 19.7. The minimum absolute atomic E-state index is 0.269. The van der Waals surface area contributed by atoms with E-state index in [0.717, 1.165) is 17.7 Å². The Morgan fingerprint density at radius 2 is 1.89 bits per heavy atom. The lowest BCUT2D eigenvalue weighted by atomic mass is 9.51. The molecule has 4 aliphatic rings. The molecule has 4 heteroatoms. The molecule has 0 unspecified atom stereocenters. The largest absolute Gasteiger partial charge is 0.349 e. The van der Waals surface area contributed by atoms with Crippen molar-refractivity contribution >= 4 is 5.91 Å². The third-order valence-corrected chi connectivity index (χ3v) is 5.51. The number of H-pyrrole nitrogens is 1. The zero-order valence-corrected chi connectivity index (χ0v) is 11.1. The first-order valence-electron chi connectivity index (χ1n) is 7.55. The number of amides is 1. The van der Waals surface area contributed by atoms with Crippen LogP contribution >= 0.6 is 0 Å². The average molecular weight is 259 g/mol. The van der Waals surface area contributed by atoms with Gasteiger partial charge in [-0.25, -0.2) is 4.98 Å². The lowest BCUT2D eigenvalue weighted by molar-refractivity contribution is -0.138. The monoisotopic (exact) mass is 259 g/mol. The second-order valence-corrected chi connectivity index (χ2v) is 6.71. The minimum atomic E-state index is 0.269. The van der Waals surface area contributed by atoms with E-state index in [1.54, 1.807) is 12.4 Å². The molecule has 4 fully saturated rings. The van der Waals surface area contributed by atoms with Gasteiger partial charge >= 0.3 is 0 Å². The number of nitrogens with one attached hydrogen (secondary N) is 2. The van der Waals surface area contributed by atoms with Gasteiger partial charge in [-0.1, -0.05) is 0 Å². The lowest BCUT2D eigenvalue weighted by Crippen LogP contribution is -2.50. The van der Waals surface area contributed by atoms with Crippen molar-refractivity contribution in [2.45, 2.75) is 38.6 Å². The maximum atomic E-state index is 12.5. The number of hydrogen-bond acceptors (Lipinski definition) is 2. The Balaban J connectivity index is 1.43. The van der Waals surface area contributed by atoms with E-state index in [9.17, 15) is 4.79 Å². The van der Waals surface area contributed by atoms with Crippen molar-refractivity contribution in [2.24, 2.45) is 29.6 Å². The van der Waals surface area contributed by atoms with Gasteiger partial charge in [-0.3, -0.25) is 4.79 Å². The SMILES string of the molecule is O=C(NCc1ncc[nH]1)C1C2CC3CC(C2)CC1C3. The van der Waals surface area contributed by atoms with E-state index < -0.39 is 0 Å². The fourth-order valence-electron chi connectivity index (χ4n) is 5.04. The molecule has 0 radical (unpaired) electrons. The van der Waals surface area contributed by atoms with Crippen LogP contribution in [0.4, 0.5) is 0 Å². The van der Waals surface area contributed by atoms with Gasteiger partial charge in [0.25, 0.3) is 0 Å². The van der Waals surface area contributed by atoms with E-state index in [4.69, 9.17) is 0 Å². The van der Waals surface area contributed by atoms with Crippen LogP contribution in [0.2, 0.25) is 0 Å². The summed E-state index contributed by atoms with van der Waals surface area (Å²) in [5, 5.41) is 3.08. The van der Waals surface area contributed by atoms with Crippen molar-refractivity contribution in [3.05, 3.63) is 18.2 Å². The number of aromatic nitrogens is 2. The quantitative estimate of drug-likeness (QED) is 0.873. The normalized spacial score (nSPS) is 39.5. The lowest BCUT2D eigenvalue weighted by Gasteiger charge is -2.53. The number of imidazole rings is 1. The van der Waals surface area contributed by atoms with E-state index in [2.05, 4.69) is 15.3 Å². The standard InChI is InChI=1S/C15H21N3O/c19-15(18-8-13-16-1-2-17-13)14-11-4-9-3-10(6-11)7-12(14)5-9/h1-2,9-12,14H,3-8H2,(H,16,17)(H,18,19). The van der Waals surface area contributed by atoms with Crippen molar-refractivity contribution in [1.82, 2.24) is 15.3 Å². The van der Waals surface area contributed by atoms with Crippen LogP contribution in [-0.2, 0) is 11.3 Å². The Morgan fingerprint density at radius 3 is 2.47 bits per heavy atom. The molecule has 0 aromatic carbocycles. The molecule has 19 heavy (non-hydrogen) atoms. The van der Waals surface area contributed by atoms with Gasteiger partial charge in [-0.05, 0) is 55.8 Å². The van der Waals surface area contributed by atoms with Crippen LogP contribution in [0.3, 0.4) is 0 Å². The van der Waals surface area contributed by atoms with E-state index in [1.165, 1.54) is 32.1 Å². The smallest absolute Gasteiger partial charge is 0.224 e. The maximum absolute atomic E-state index is 12.5. The van der Waals surface area contributed by atoms with Gasteiger partial charge in [0, 0.05) is 18.3 Å². The first kappa shape index (κ1) is 11.5. The number of nitrogens with zero attached hydrogens (tertiary/aromatic N) is 1. The Kier molecular flexibility index (Phi) is 2.64. The summed E-state index contributed by atoms with van der Waals surface area (Å²) in [5.41, 5.74) is 0. The van der Waals surface area contributed by atoms with E-state index in [1.807, 2.05) is 0 Å². The number of aromatic amines is 1. The second kappa shape index (κ2) is 4.36. The van der Waals surface area contributed by atoms with Crippen molar-refractivity contribution < 1.29 is 4.79 Å². The highest BCUT2D eigenvalue weighted by Gasteiger charge is 2.50. The zero-order chi connectivity index (χ0) is 12.8. The van der Waals surface area contributed by atoms with Crippen LogP contribution in [0, 0.1) is 29.6 Å². The van der Waals surface area contributed by atoms with Crippen LogP contribution in [-0.4, -0.2) is 15.9 Å². The fourth-order valence-corrected chi connectivity index (χ4v) is 5.04. The van der Waals surface area contributed by atoms with E-state index >= 15 is 0 Å². The first-order valence-corrected chi connectivity index (χ1v) is 7.55. The number of rotatable bonds is 3. The predicted molar refractivity (Wildman–Crippen MR) is 71.0 cm³/mol. The van der Waals surface area contributed by atoms with E-state index in [-0.39, 0.29) is 11.8 Å². The van der Waals surface area contributed by atoms with Gasteiger partial charge in [-0.15, -0.1) is 0 Å².